The van der Waals surface area contributed by atoms with Crippen molar-refractivity contribution in [2.75, 3.05) is 26.3 Å². The van der Waals surface area contributed by atoms with E-state index in [0.717, 1.165) is 12.8 Å². The smallest absolute Gasteiger partial charge is 0.255 e. The molecule has 0 N–H and O–H groups in total. The van der Waals surface area contributed by atoms with Gasteiger partial charge in [0.25, 0.3) is 5.91 Å². The van der Waals surface area contributed by atoms with Crippen molar-refractivity contribution in [1.82, 2.24) is 14.9 Å². The van der Waals surface area contributed by atoms with Gasteiger partial charge in [-0.05, 0) is 31.0 Å². The summed E-state index contributed by atoms with van der Waals surface area (Å²) in [6, 6.07) is 9.22. The summed E-state index contributed by atoms with van der Waals surface area (Å²) in [7, 11) is 0. The van der Waals surface area contributed by atoms with E-state index < -0.39 is 0 Å². The van der Waals surface area contributed by atoms with Gasteiger partial charge in [-0.2, -0.15) is 0 Å². The Balaban J connectivity index is 1.50. The molecule has 6 nitrogen and oxygen atoms in total. The summed E-state index contributed by atoms with van der Waals surface area (Å²) < 4.78 is 11.9. The molecule has 2 aliphatic heterocycles. The fourth-order valence-electron chi connectivity index (χ4n) is 3.75. The summed E-state index contributed by atoms with van der Waals surface area (Å²) in [5.74, 6) is 0.633. The van der Waals surface area contributed by atoms with Crippen molar-refractivity contribution in [3.63, 3.8) is 0 Å². The van der Waals surface area contributed by atoms with Crippen molar-refractivity contribution in [2.45, 2.75) is 18.9 Å². The molecule has 2 aromatic heterocycles. The Bertz CT molecular complexity index is 725. The molecule has 2 aliphatic rings. The van der Waals surface area contributed by atoms with Gasteiger partial charge in [-0.1, -0.05) is 6.07 Å². The third-order valence-corrected chi connectivity index (χ3v) is 5.11. The van der Waals surface area contributed by atoms with E-state index in [-0.39, 0.29) is 17.4 Å². The predicted octanol–water partition coefficient (Wildman–Crippen LogP) is 2.18. The van der Waals surface area contributed by atoms with Crippen LogP contribution < -0.4 is 4.74 Å². The molecule has 2 fully saturated rings. The second-order valence-electron chi connectivity index (χ2n) is 6.69. The Labute approximate surface area is 146 Å². The molecule has 4 heterocycles. The van der Waals surface area contributed by atoms with Crippen molar-refractivity contribution in [2.24, 2.45) is 5.41 Å². The summed E-state index contributed by atoms with van der Waals surface area (Å²) >= 11 is 0. The van der Waals surface area contributed by atoms with Gasteiger partial charge >= 0.3 is 0 Å². The average molecular weight is 339 g/mol. The van der Waals surface area contributed by atoms with Gasteiger partial charge in [-0.3, -0.25) is 9.78 Å². The third-order valence-electron chi connectivity index (χ3n) is 5.11. The summed E-state index contributed by atoms with van der Waals surface area (Å²) in [6.07, 6.45) is 6.87. The first kappa shape index (κ1) is 16.0. The normalized spacial score (nSPS) is 25.4. The number of nitrogens with zero attached hydrogens (tertiary/aromatic N) is 3. The van der Waals surface area contributed by atoms with Gasteiger partial charge in [0.05, 0.1) is 23.7 Å². The monoisotopic (exact) mass is 339 g/mol. The van der Waals surface area contributed by atoms with Gasteiger partial charge in [0.2, 0.25) is 5.88 Å². The van der Waals surface area contributed by atoms with Crippen LogP contribution in [0.5, 0.6) is 5.88 Å². The molecule has 0 spiro atoms. The van der Waals surface area contributed by atoms with Gasteiger partial charge in [-0.25, -0.2) is 4.98 Å². The van der Waals surface area contributed by atoms with E-state index in [9.17, 15) is 4.79 Å². The highest BCUT2D eigenvalue weighted by Crippen LogP contribution is 2.41. The van der Waals surface area contributed by atoms with Crippen molar-refractivity contribution >= 4 is 5.91 Å². The Hall–Kier alpha value is -2.47. The van der Waals surface area contributed by atoms with E-state index in [1.807, 2.05) is 29.2 Å². The van der Waals surface area contributed by atoms with Gasteiger partial charge in [0.1, 0.15) is 0 Å². The molecule has 1 amide bonds. The van der Waals surface area contributed by atoms with Gasteiger partial charge < -0.3 is 14.4 Å². The molecule has 0 radical (unpaired) electrons. The number of carbonyl (C=O) groups excluding carboxylic acids is 1. The summed E-state index contributed by atoms with van der Waals surface area (Å²) in [5, 5.41) is 0. The number of fused-ring (bicyclic) bond motifs is 1. The molecule has 2 aromatic rings. The van der Waals surface area contributed by atoms with Crippen LogP contribution in [-0.4, -0.2) is 53.2 Å². The van der Waals surface area contributed by atoms with Crippen LogP contribution in [-0.2, 0) is 4.74 Å². The van der Waals surface area contributed by atoms with Crippen molar-refractivity contribution in [3.05, 3.63) is 54.5 Å². The highest BCUT2D eigenvalue weighted by Gasteiger charge is 2.49. The van der Waals surface area contributed by atoms with Crippen LogP contribution in [0, 0.1) is 5.41 Å². The molecule has 25 heavy (non-hydrogen) atoms. The van der Waals surface area contributed by atoms with Crippen LogP contribution in [0.25, 0.3) is 0 Å². The number of ether oxygens (including phenoxy) is 2. The number of piperidine rings is 1. The third kappa shape index (κ3) is 3.22. The van der Waals surface area contributed by atoms with E-state index in [1.165, 1.54) is 0 Å². The number of aromatic nitrogens is 2. The quantitative estimate of drug-likeness (QED) is 0.854. The second kappa shape index (κ2) is 6.80. The minimum atomic E-state index is -0.173. The summed E-state index contributed by atoms with van der Waals surface area (Å²) in [4.78, 5) is 23.0. The highest BCUT2D eigenvalue weighted by atomic mass is 16.5. The SMILES string of the molecule is O=C(c1cccnc1)N1CC[C@@H]2OCC[C@]2(COc2ccccn2)C1. The van der Waals surface area contributed by atoms with Crippen molar-refractivity contribution in [1.29, 1.82) is 0 Å². The van der Waals surface area contributed by atoms with E-state index >= 15 is 0 Å². The molecule has 2 atom stereocenters. The van der Waals surface area contributed by atoms with E-state index in [1.54, 1.807) is 24.7 Å². The molecule has 0 saturated carbocycles. The molecule has 0 unspecified atom stereocenters. The van der Waals surface area contributed by atoms with Gasteiger partial charge in [0.15, 0.2) is 0 Å². The predicted molar refractivity (Wildman–Crippen MR) is 91.3 cm³/mol. The molecule has 6 heteroatoms. The van der Waals surface area contributed by atoms with Crippen molar-refractivity contribution in [3.8, 4) is 5.88 Å². The zero-order valence-electron chi connectivity index (χ0n) is 14.0. The Morgan fingerprint density at radius 3 is 3.08 bits per heavy atom. The van der Waals surface area contributed by atoms with E-state index in [4.69, 9.17) is 9.47 Å². The lowest BCUT2D eigenvalue weighted by Gasteiger charge is -2.43. The minimum Gasteiger partial charge on any atom is -0.477 e. The van der Waals surface area contributed by atoms with E-state index in [0.29, 0.717) is 37.7 Å². The second-order valence-corrected chi connectivity index (χ2v) is 6.69. The highest BCUT2D eigenvalue weighted by molar-refractivity contribution is 5.94. The van der Waals surface area contributed by atoms with Crippen LogP contribution in [0.15, 0.2) is 48.9 Å². The van der Waals surface area contributed by atoms with Crippen molar-refractivity contribution < 1.29 is 14.3 Å². The van der Waals surface area contributed by atoms with E-state index in [2.05, 4.69) is 9.97 Å². The molecule has 0 aliphatic carbocycles. The largest absolute Gasteiger partial charge is 0.477 e. The van der Waals surface area contributed by atoms with Crippen LogP contribution in [0.4, 0.5) is 0 Å². The standard InChI is InChI=1S/C19H21N3O3/c23-18(15-4-3-8-20-12-15)22-10-6-16-19(13-22,7-11-24-16)14-25-17-5-1-2-9-21-17/h1-5,8-9,12,16H,6-7,10-11,13-14H2/t16-,19+/m0/s1. The van der Waals surface area contributed by atoms with Crippen LogP contribution in [0.1, 0.15) is 23.2 Å². The average Bonchev–Trinajstić information content (AvgIpc) is 3.11. The Morgan fingerprint density at radius 2 is 2.28 bits per heavy atom. The first-order chi connectivity index (χ1) is 12.3. The number of rotatable bonds is 4. The minimum absolute atomic E-state index is 0.0238. The number of carbonyl (C=O) groups is 1. The molecular formula is C19H21N3O3. The fourth-order valence-corrected chi connectivity index (χ4v) is 3.75. The molecule has 2 saturated heterocycles. The Morgan fingerprint density at radius 1 is 1.32 bits per heavy atom. The fraction of sp³-hybridized carbons (Fsp3) is 0.421. The molecule has 0 aromatic carbocycles. The summed E-state index contributed by atoms with van der Waals surface area (Å²) in [6.45, 7) is 2.55. The molecule has 0 bridgehead atoms. The zero-order valence-corrected chi connectivity index (χ0v) is 14.0. The molecule has 4 rings (SSSR count). The maximum Gasteiger partial charge on any atom is 0.255 e. The van der Waals surface area contributed by atoms with Crippen LogP contribution in [0.3, 0.4) is 0 Å². The molecule has 130 valence electrons. The lowest BCUT2D eigenvalue weighted by molar-refractivity contribution is -0.0332. The lowest BCUT2D eigenvalue weighted by atomic mass is 9.77. The van der Waals surface area contributed by atoms with Gasteiger partial charge in [-0.15, -0.1) is 0 Å². The summed E-state index contributed by atoms with van der Waals surface area (Å²) in [5.41, 5.74) is 0.453. The number of hydrogen-bond acceptors (Lipinski definition) is 5. The van der Waals surface area contributed by atoms with Crippen LogP contribution >= 0.6 is 0 Å². The number of hydrogen-bond donors (Lipinski definition) is 0. The molecular weight excluding hydrogens is 318 g/mol. The maximum atomic E-state index is 12.8. The maximum absolute atomic E-state index is 12.8. The van der Waals surface area contributed by atoms with Gasteiger partial charge in [0, 0.05) is 44.4 Å². The topological polar surface area (TPSA) is 64.6 Å². The zero-order chi connectivity index (χ0) is 17.1. The first-order valence-electron chi connectivity index (χ1n) is 8.62. The number of pyridine rings is 2. The first-order valence-corrected chi connectivity index (χ1v) is 8.62. The van der Waals surface area contributed by atoms with Crippen LogP contribution in [0.2, 0.25) is 0 Å². The number of likely N-dealkylation sites (tertiary alicyclic amines) is 1. The number of amides is 1. The Kier molecular flexibility index (Phi) is 4.36. The lowest BCUT2D eigenvalue weighted by Crippen LogP contribution is -2.54.